The number of carbonyl (C=O) groups is 3. The van der Waals surface area contributed by atoms with Crippen LogP contribution in [-0.4, -0.2) is 43.5 Å². The van der Waals surface area contributed by atoms with Crippen molar-refractivity contribution in [2.75, 3.05) is 24.5 Å². The van der Waals surface area contributed by atoms with Crippen LogP contribution < -0.4 is 15.5 Å². The summed E-state index contributed by atoms with van der Waals surface area (Å²) in [5, 5.41) is 5.28. The predicted octanol–water partition coefficient (Wildman–Crippen LogP) is 3.09. The second-order valence-electron chi connectivity index (χ2n) is 7.87. The number of alkyl carbamates (subject to hydrolysis) is 1. The summed E-state index contributed by atoms with van der Waals surface area (Å²) >= 11 is 0. The van der Waals surface area contributed by atoms with Crippen molar-refractivity contribution >= 4 is 23.5 Å². The summed E-state index contributed by atoms with van der Waals surface area (Å²) in [4.78, 5) is 36.7. The lowest BCUT2D eigenvalue weighted by molar-refractivity contribution is -0.120. The van der Waals surface area contributed by atoms with Gasteiger partial charge in [-0.15, -0.1) is 0 Å². The van der Waals surface area contributed by atoms with Gasteiger partial charge in [0.1, 0.15) is 23.5 Å². The van der Waals surface area contributed by atoms with Gasteiger partial charge in [-0.1, -0.05) is 24.3 Å². The Hall–Kier alpha value is -3.49. The number of nitrogens with one attached hydrogen (secondary N) is 2. The molecule has 9 heteroatoms. The van der Waals surface area contributed by atoms with Gasteiger partial charge in [0.25, 0.3) is 0 Å². The van der Waals surface area contributed by atoms with Gasteiger partial charge in [-0.05, 0) is 17.7 Å². The number of cyclic esters (lactones) is 1. The second kappa shape index (κ2) is 8.94. The molecule has 2 aliphatic rings. The van der Waals surface area contributed by atoms with Crippen LogP contribution in [0.1, 0.15) is 31.4 Å². The monoisotopic (exact) mass is 443 g/mol. The van der Waals surface area contributed by atoms with Crippen LogP contribution in [0.3, 0.4) is 0 Å². The summed E-state index contributed by atoms with van der Waals surface area (Å²) in [7, 11) is 0. The largest absolute Gasteiger partial charge is 0.442 e. The van der Waals surface area contributed by atoms with Gasteiger partial charge in [0.2, 0.25) is 5.91 Å². The zero-order chi connectivity index (χ0) is 22.8. The smallest absolute Gasteiger partial charge is 0.408 e. The molecular weight excluding hydrogens is 420 g/mol. The lowest BCUT2D eigenvalue weighted by Crippen LogP contribution is -2.35. The first-order valence-corrected chi connectivity index (χ1v) is 10.4. The lowest BCUT2D eigenvalue weighted by Gasteiger charge is -2.31. The highest BCUT2D eigenvalue weighted by Crippen LogP contribution is 2.41. The molecule has 2 fully saturated rings. The number of rotatable bonds is 5. The molecule has 2 aromatic carbocycles. The molecule has 2 heterocycles. The van der Waals surface area contributed by atoms with E-state index in [1.54, 1.807) is 17.0 Å². The van der Waals surface area contributed by atoms with E-state index in [2.05, 4.69) is 10.6 Å². The van der Waals surface area contributed by atoms with Gasteiger partial charge in [-0.25, -0.2) is 13.6 Å². The van der Waals surface area contributed by atoms with Gasteiger partial charge < -0.3 is 20.3 Å². The Morgan fingerprint density at radius 3 is 2.53 bits per heavy atom. The fourth-order valence-corrected chi connectivity index (χ4v) is 4.24. The highest BCUT2D eigenvalue weighted by molar-refractivity contribution is 5.86. The Morgan fingerprint density at radius 2 is 1.81 bits per heavy atom. The van der Waals surface area contributed by atoms with E-state index in [9.17, 15) is 14.4 Å². The molecule has 0 spiro atoms. The summed E-state index contributed by atoms with van der Waals surface area (Å²) in [6, 6.07) is 8.09. The van der Waals surface area contributed by atoms with Crippen LogP contribution in [0.4, 0.5) is 19.3 Å². The third-order valence-electron chi connectivity index (χ3n) is 5.73. The van der Waals surface area contributed by atoms with Crippen molar-refractivity contribution in [3.63, 3.8) is 0 Å². The van der Waals surface area contributed by atoms with Gasteiger partial charge in [0.15, 0.2) is 0 Å². The average Bonchev–Trinajstić information content (AvgIpc) is 3.13. The standard InChI is InChI=1S/C23H23F2N3O4/c1-13(29)26-12-19-21(27-23(31)32-19)15-4-2-6-17(24)20(15)16-5-3-7-18(25)22(16)28-10-8-14(30)9-11-28/h2-7,19,21H,8-12H2,1H3,(H,26,29)(H,27,31). The highest BCUT2D eigenvalue weighted by atomic mass is 19.1. The van der Waals surface area contributed by atoms with E-state index in [4.69, 9.17) is 4.74 Å². The number of Topliss-reactive ketones (excluding diaryl/α,β-unsaturated/α-hetero) is 1. The quantitative estimate of drug-likeness (QED) is 0.742. The fraction of sp³-hybridized carbons (Fsp3) is 0.348. The van der Waals surface area contributed by atoms with Crippen LogP contribution in [-0.2, 0) is 14.3 Å². The van der Waals surface area contributed by atoms with Crippen LogP contribution in [0, 0.1) is 11.6 Å². The summed E-state index contributed by atoms with van der Waals surface area (Å²) in [6.07, 6.45) is -0.863. The molecule has 0 aliphatic carbocycles. The van der Waals surface area contributed by atoms with Gasteiger partial charge in [-0.2, -0.15) is 0 Å². The van der Waals surface area contributed by atoms with Gasteiger partial charge >= 0.3 is 6.09 Å². The number of nitrogens with zero attached hydrogens (tertiary/aromatic N) is 1. The molecule has 32 heavy (non-hydrogen) atoms. The first-order chi connectivity index (χ1) is 15.3. The molecule has 2 aromatic rings. The first-order valence-electron chi connectivity index (χ1n) is 10.4. The molecule has 2 saturated heterocycles. The molecule has 2 N–H and O–H groups in total. The first kappa shape index (κ1) is 21.7. The minimum atomic E-state index is -0.767. The molecule has 2 aliphatic heterocycles. The number of amides is 2. The van der Waals surface area contributed by atoms with Crippen LogP contribution in [0.15, 0.2) is 36.4 Å². The molecule has 0 saturated carbocycles. The second-order valence-corrected chi connectivity index (χ2v) is 7.87. The van der Waals surface area contributed by atoms with E-state index < -0.39 is 29.9 Å². The van der Waals surface area contributed by atoms with E-state index in [0.29, 0.717) is 37.1 Å². The maximum atomic E-state index is 15.3. The molecule has 7 nitrogen and oxygen atoms in total. The maximum absolute atomic E-state index is 15.3. The van der Waals surface area contributed by atoms with Crippen molar-refractivity contribution in [2.24, 2.45) is 0 Å². The summed E-state index contributed by atoms with van der Waals surface area (Å²) in [6.45, 7) is 2.06. The Labute approximate surface area is 183 Å². The van der Waals surface area contributed by atoms with Crippen molar-refractivity contribution in [3.8, 4) is 11.1 Å². The summed E-state index contributed by atoms with van der Waals surface area (Å²) in [5.74, 6) is -1.29. The zero-order valence-corrected chi connectivity index (χ0v) is 17.5. The van der Waals surface area contributed by atoms with Crippen molar-refractivity contribution in [2.45, 2.75) is 31.9 Å². The summed E-state index contributed by atoms with van der Waals surface area (Å²) < 4.78 is 35.5. The van der Waals surface area contributed by atoms with E-state index in [1.807, 2.05) is 0 Å². The van der Waals surface area contributed by atoms with Crippen LogP contribution in [0.5, 0.6) is 0 Å². The maximum Gasteiger partial charge on any atom is 0.408 e. The zero-order valence-electron chi connectivity index (χ0n) is 17.5. The Balaban J connectivity index is 1.79. The van der Waals surface area contributed by atoms with E-state index in [1.165, 1.54) is 31.2 Å². The van der Waals surface area contributed by atoms with Gasteiger partial charge in [0.05, 0.1) is 18.3 Å². The Kier molecular flexibility index (Phi) is 6.07. The molecule has 0 radical (unpaired) electrons. The number of para-hydroxylation sites is 1. The Bertz CT molecular complexity index is 1070. The number of hydrogen-bond donors (Lipinski definition) is 2. The lowest BCUT2D eigenvalue weighted by atomic mass is 9.90. The number of piperidine rings is 1. The van der Waals surface area contributed by atoms with Crippen LogP contribution in [0.25, 0.3) is 11.1 Å². The molecular formula is C23H23F2N3O4. The van der Waals surface area contributed by atoms with Gasteiger partial charge in [0, 0.05) is 44.0 Å². The summed E-state index contributed by atoms with van der Waals surface area (Å²) in [5.41, 5.74) is 1.09. The number of ketones is 1. The van der Waals surface area contributed by atoms with Crippen molar-refractivity contribution in [1.82, 2.24) is 10.6 Å². The SMILES string of the molecule is CC(=O)NCC1OC(=O)NC1c1cccc(F)c1-c1cccc(F)c1N1CCC(=O)CC1. The number of ether oxygens (including phenoxy) is 1. The molecule has 2 unspecified atom stereocenters. The van der Waals surface area contributed by atoms with E-state index in [-0.39, 0.29) is 29.5 Å². The number of halogens is 2. The van der Waals surface area contributed by atoms with Crippen molar-refractivity contribution in [3.05, 3.63) is 53.6 Å². The molecule has 0 bridgehead atoms. The van der Waals surface area contributed by atoms with E-state index >= 15 is 8.78 Å². The molecule has 2 atom stereocenters. The van der Waals surface area contributed by atoms with Crippen LogP contribution >= 0.6 is 0 Å². The number of hydrogen-bond acceptors (Lipinski definition) is 5. The third-order valence-corrected chi connectivity index (χ3v) is 5.73. The van der Waals surface area contributed by atoms with Gasteiger partial charge in [-0.3, -0.25) is 9.59 Å². The fourth-order valence-electron chi connectivity index (χ4n) is 4.24. The average molecular weight is 443 g/mol. The number of carbonyl (C=O) groups excluding carboxylic acids is 3. The minimum absolute atomic E-state index is 0.0406. The van der Waals surface area contributed by atoms with Crippen molar-refractivity contribution in [1.29, 1.82) is 0 Å². The molecule has 168 valence electrons. The van der Waals surface area contributed by atoms with E-state index in [0.717, 1.165) is 0 Å². The Morgan fingerprint density at radius 1 is 1.12 bits per heavy atom. The normalized spacial score (nSPS) is 20.7. The highest BCUT2D eigenvalue weighted by Gasteiger charge is 2.38. The number of benzene rings is 2. The molecule has 0 aromatic heterocycles. The topological polar surface area (TPSA) is 87.7 Å². The molecule has 4 rings (SSSR count). The van der Waals surface area contributed by atoms with Crippen molar-refractivity contribution < 1.29 is 27.9 Å². The third kappa shape index (κ3) is 4.28. The molecule has 2 amide bonds. The van der Waals surface area contributed by atoms with Crippen LogP contribution in [0.2, 0.25) is 0 Å². The number of anilines is 1. The minimum Gasteiger partial charge on any atom is -0.442 e. The predicted molar refractivity (Wildman–Crippen MR) is 113 cm³/mol.